The first kappa shape index (κ1) is 70.7. The number of likely N-dealkylation sites (tertiary alicyclic amines) is 1. The number of fused-ring (bicyclic) bond motifs is 2. The van der Waals surface area contributed by atoms with Crippen LogP contribution < -0.4 is 11.1 Å². The number of cyclic esters (lactones) is 1. The number of carbonyl (C=O) groups excluding carboxylic acids is 4. The van der Waals surface area contributed by atoms with Gasteiger partial charge in [0.1, 0.15) is 18.0 Å². The molecule has 21 heteroatoms. The van der Waals surface area contributed by atoms with E-state index < -0.39 is 160 Å². The Hall–Kier alpha value is -5.08. The SMILES string of the molecule is CNc1ccc(C(=O)CC(O)CCC(C)C2OC(=O)CC(O)CC(=O)CC(O)CC(O)CC(O)CC(O)CC3(O)CC(O)C(C(=O)N4CCCCC4)C(CC(O[C@@H]4O[C@H](C)[C@@H](O)[C@H](N)[C@@H]4O)C=CC=CC=CC=CC=CC=CC=CC2C)O3)cc1. The fourth-order valence-electron chi connectivity index (χ4n) is 11.4. The van der Waals surface area contributed by atoms with Crippen molar-refractivity contribution in [3.63, 3.8) is 0 Å². The Morgan fingerprint density at radius 2 is 1.28 bits per heavy atom. The lowest BCUT2D eigenvalue weighted by molar-refractivity contribution is -0.308. The van der Waals surface area contributed by atoms with E-state index in [1.807, 2.05) is 38.2 Å². The van der Waals surface area contributed by atoms with Gasteiger partial charge in [-0.1, -0.05) is 98.9 Å². The molecule has 1 amide bonds. The molecule has 13 N–H and O–H groups in total. The molecule has 3 saturated heterocycles. The third-order valence-corrected chi connectivity index (χ3v) is 16.0. The van der Waals surface area contributed by atoms with Crippen molar-refractivity contribution in [3.05, 3.63) is 115 Å². The normalized spacial score (nSPS) is 35.0. The summed E-state index contributed by atoms with van der Waals surface area (Å²) in [6.07, 6.45) is 6.33. The topological polar surface area (TPSA) is 349 Å². The van der Waals surface area contributed by atoms with Gasteiger partial charge in [0.15, 0.2) is 17.9 Å². The molecule has 85 heavy (non-hydrogen) atoms. The van der Waals surface area contributed by atoms with Crippen LogP contribution in [0.3, 0.4) is 0 Å². The van der Waals surface area contributed by atoms with Crippen molar-refractivity contribution in [2.45, 2.75) is 215 Å². The summed E-state index contributed by atoms with van der Waals surface area (Å²) >= 11 is 0. The van der Waals surface area contributed by atoms with Gasteiger partial charge >= 0.3 is 5.97 Å². The summed E-state index contributed by atoms with van der Waals surface area (Å²) in [5.74, 6) is -6.14. The number of Topliss-reactive ketones (excluding diaryl/α,β-unsaturated/α-hetero) is 2. The fraction of sp³-hybridized carbons (Fsp3) is 0.625. The number of nitrogens with two attached hydrogens (primary N) is 1. The Bertz CT molecular complexity index is 2440. The molecule has 0 radical (unpaired) electrons. The van der Waals surface area contributed by atoms with E-state index in [-0.39, 0.29) is 49.7 Å². The highest BCUT2D eigenvalue weighted by molar-refractivity contribution is 5.96. The van der Waals surface area contributed by atoms with Crippen LogP contribution in [0.5, 0.6) is 0 Å². The highest BCUT2D eigenvalue weighted by Gasteiger charge is 2.52. The van der Waals surface area contributed by atoms with Gasteiger partial charge in [-0.05, 0) is 88.5 Å². The zero-order chi connectivity index (χ0) is 62.2. The molecule has 474 valence electrons. The van der Waals surface area contributed by atoms with Crippen molar-refractivity contribution in [1.82, 2.24) is 4.90 Å². The third-order valence-electron chi connectivity index (χ3n) is 16.0. The van der Waals surface area contributed by atoms with E-state index in [2.05, 4.69) is 5.32 Å². The lowest BCUT2D eigenvalue weighted by Gasteiger charge is -2.47. The summed E-state index contributed by atoms with van der Waals surface area (Å²) in [6, 6.07) is 5.80. The van der Waals surface area contributed by atoms with Gasteiger partial charge in [0.2, 0.25) is 5.91 Å². The van der Waals surface area contributed by atoms with Crippen LogP contribution in [-0.2, 0) is 33.3 Å². The second-order valence-electron chi connectivity index (χ2n) is 23.5. The van der Waals surface area contributed by atoms with Crippen molar-refractivity contribution < 1.29 is 89.2 Å². The highest BCUT2D eigenvalue weighted by Crippen LogP contribution is 2.39. The summed E-state index contributed by atoms with van der Waals surface area (Å²) in [4.78, 5) is 55.3. The second-order valence-corrected chi connectivity index (χ2v) is 23.5. The van der Waals surface area contributed by atoms with E-state index >= 15 is 0 Å². The standard InChI is InChI=1S/C64H95N3O18/c1-40-20-16-13-11-9-7-5-6-8-10-12-14-17-21-52(83-63-60(79)58(65)59(78)42(3)82-63)37-55-57(62(80)67-28-18-15-19-29-67)54(76)39-64(81,85-55)38-51(74)34-49(72)32-47(70)30-46(69)31-48(71)33-50(73)36-56(77)84-61(40)41(2)22-27-45(68)35-53(75)43-23-25-44(66-4)26-24-43/h5-14,16-17,20-21,23-26,40-42,45-47,49-52,54-55,57-61,63,66,68-70,72-74,76,78-79,81H,15,18-19,22,27-39,65H2,1-4H3/t40?,41?,42-,45?,46?,47?,49?,50?,51?,52?,54?,55?,57?,58+,59-,60+,61?,63+,64?/m1/s1. The number of aliphatic hydroxyl groups excluding tert-OH is 9. The van der Waals surface area contributed by atoms with E-state index in [4.69, 9.17) is 24.7 Å². The van der Waals surface area contributed by atoms with Crippen molar-refractivity contribution >= 4 is 29.1 Å². The molecule has 1 aromatic carbocycles. The first-order valence-corrected chi connectivity index (χ1v) is 30.0. The first-order chi connectivity index (χ1) is 40.4. The minimum Gasteiger partial charge on any atom is -0.461 e. The van der Waals surface area contributed by atoms with Crippen molar-refractivity contribution in [3.8, 4) is 0 Å². The fourth-order valence-corrected chi connectivity index (χ4v) is 11.4. The van der Waals surface area contributed by atoms with Gasteiger partial charge in [0, 0.05) is 75.8 Å². The number of aliphatic hydroxyl groups is 10. The third kappa shape index (κ3) is 23.9. The summed E-state index contributed by atoms with van der Waals surface area (Å²) in [6.45, 7) is 6.19. The van der Waals surface area contributed by atoms with Crippen molar-refractivity contribution in [2.75, 3.05) is 25.5 Å². The number of piperidine rings is 1. The molecule has 0 aromatic heterocycles. The Labute approximate surface area is 499 Å². The molecule has 4 heterocycles. The molecule has 0 spiro atoms. The molecule has 1 aromatic rings. The summed E-state index contributed by atoms with van der Waals surface area (Å²) in [5.41, 5.74) is 7.47. The predicted molar refractivity (Wildman–Crippen MR) is 318 cm³/mol. The van der Waals surface area contributed by atoms with Crippen LogP contribution in [0.1, 0.15) is 127 Å². The number of anilines is 1. The Kier molecular flexibility index (Phi) is 29.7. The summed E-state index contributed by atoms with van der Waals surface area (Å²) in [5, 5.41) is 114. The predicted octanol–water partition coefficient (Wildman–Crippen LogP) is 3.67. The maximum absolute atomic E-state index is 14.3. The number of hydrogen-bond acceptors (Lipinski definition) is 20. The van der Waals surface area contributed by atoms with Crippen LogP contribution in [0.25, 0.3) is 0 Å². The number of amides is 1. The molecule has 21 nitrogen and oxygen atoms in total. The van der Waals surface area contributed by atoms with Crippen LogP contribution in [0, 0.1) is 17.8 Å². The Balaban J connectivity index is 1.35. The van der Waals surface area contributed by atoms with Gasteiger partial charge in [-0.15, -0.1) is 0 Å². The average molecular weight is 1190 g/mol. The number of benzene rings is 1. The van der Waals surface area contributed by atoms with Crippen molar-refractivity contribution in [1.29, 1.82) is 0 Å². The largest absolute Gasteiger partial charge is 0.461 e. The lowest BCUT2D eigenvalue weighted by atomic mass is 9.81. The van der Waals surface area contributed by atoms with Crippen LogP contribution in [0.4, 0.5) is 5.69 Å². The number of hydrogen-bond donors (Lipinski definition) is 12. The van der Waals surface area contributed by atoms with E-state index in [1.165, 1.54) is 0 Å². The molecule has 14 unspecified atom stereocenters. The molecule has 19 atom stereocenters. The molecule has 3 fully saturated rings. The molecule has 0 saturated carbocycles. The van der Waals surface area contributed by atoms with Crippen LogP contribution in [0.15, 0.2) is 109 Å². The van der Waals surface area contributed by atoms with Gasteiger partial charge in [-0.25, -0.2) is 0 Å². The second kappa shape index (κ2) is 35.7. The number of ether oxygens (including phenoxy) is 4. The summed E-state index contributed by atoms with van der Waals surface area (Å²) in [7, 11) is 1.77. The number of nitrogens with one attached hydrogen (secondary N) is 1. The first-order valence-electron chi connectivity index (χ1n) is 30.0. The minimum absolute atomic E-state index is 0.100. The number of allylic oxidation sites excluding steroid dienone is 12. The smallest absolute Gasteiger partial charge is 0.308 e. The maximum Gasteiger partial charge on any atom is 0.308 e. The number of esters is 1. The quantitative estimate of drug-likeness (QED) is 0.111. The molecule has 4 aliphatic rings. The Morgan fingerprint density at radius 1 is 0.718 bits per heavy atom. The Morgan fingerprint density at radius 3 is 1.89 bits per heavy atom. The molecular weight excluding hydrogens is 1100 g/mol. The van der Waals surface area contributed by atoms with Gasteiger partial charge in [0.05, 0.1) is 85.5 Å². The number of ketones is 2. The maximum atomic E-state index is 14.3. The zero-order valence-electron chi connectivity index (χ0n) is 49.6. The molecular formula is C64H95N3O18. The molecule has 5 rings (SSSR count). The van der Waals surface area contributed by atoms with E-state index in [0.717, 1.165) is 24.9 Å². The van der Waals surface area contributed by atoms with Gasteiger partial charge in [-0.2, -0.15) is 0 Å². The number of rotatable bonds is 11. The molecule has 2 bridgehead atoms. The number of carbonyl (C=O) groups is 4. The van der Waals surface area contributed by atoms with Crippen LogP contribution in [0.2, 0.25) is 0 Å². The summed E-state index contributed by atoms with van der Waals surface area (Å²) < 4.78 is 24.4. The van der Waals surface area contributed by atoms with E-state index in [9.17, 15) is 70.2 Å². The van der Waals surface area contributed by atoms with Gasteiger partial charge < -0.3 is 86.0 Å². The van der Waals surface area contributed by atoms with E-state index in [1.54, 1.807) is 104 Å². The minimum atomic E-state index is -2.25. The average Bonchev–Trinajstić information content (AvgIpc) is 1.91. The zero-order valence-corrected chi connectivity index (χ0v) is 49.6. The number of nitrogens with zero attached hydrogens (tertiary/aromatic N) is 1. The monoisotopic (exact) mass is 1190 g/mol. The van der Waals surface area contributed by atoms with Crippen LogP contribution in [-0.4, -0.2) is 197 Å². The van der Waals surface area contributed by atoms with Gasteiger partial charge in [0.25, 0.3) is 0 Å². The molecule has 0 aliphatic carbocycles. The highest BCUT2D eigenvalue weighted by atomic mass is 16.7. The van der Waals surface area contributed by atoms with Crippen LogP contribution >= 0.6 is 0 Å². The van der Waals surface area contributed by atoms with E-state index in [0.29, 0.717) is 25.1 Å². The molecule has 4 aliphatic heterocycles. The lowest BCUT2D eigenvalue weighted by Crippen LogP contribution is -2.62. The van der Waals surface area contributed by atoms with Gasteiger partial charge in [-0.3, -0.25) is 19.2 Å². The van der Waals surface area contributed by atoms with Crippen molar-refractivity contribution in [2.24, 2.45) is 23.5 Å².